The summed E-state index contributed by atoms with van der Waals surface area (Å²) in [6.45, 7) is 6.79. The molecule has 1 amide bonds. The maximum atomic E-state index is 12.4. The predicted molar refractivity (Wildman–Crippen MR) is 119 cm³/mol. The Bertz CT molecular complexity index is 818. The molecule has 2 aromatic rings. The highest BCUT2D eigenvalue weighted by molar-refractivity contribution is 5.96. The monoisotopic (exact) mass is 424 g/mol. The normalized spacial score (nSPS) is 14.4. The topological polar surface area (TPSA) is 75.6 Å². The first kappa shape index (κ1) is 22.9. The average molecular weight is 425 g/mol. The molecule has 1 aliphatic heterocycles. The number of ketones is 1. The van der Waals surface area contributed by atoms with Crippen LogP contribution in [0.2, 0.25) is 0 Å². The molecule has 2 heterocycles. The number of carbonyl (C=O) groups is 2. The molecule has 31 heavy (non-hydrogen) atoms. The van der Waals surface area contributed by atoms with Gasteiger partial charge in [-0.2, -0.15) is 0 Å². The number of amides is 1. The summed E-state index contributed by atoms with van der Waals surface area (Å²) in [5, 5.41) is 0. The molecule has 0 N–H and O–H groups in total. The number of unbranched alkanes of at least 4 members (excludes halogenated alkanes) is 2. The van der Waals surface area contributed by atoms with Crippen LogP contribution >= 0.6 is 0 Å². The second-order valence-electron chi connectivity index (χ2n) is 7.83. The van der Waals surface area contributed by atoms with Gasteiger partial charge in [0.25, 0.3) is 5.91 Å². The lowest BCUT2D eigenvalue weighted by atomic mass is 10.0. The Hall–Kier alpha value is -2.80. The van der Waals surface area contributed by atoms with E-state index in [1.54, 1.807) is 12.4 Å². The van der Waals surface area contributed by atoms with E-state index in [9.17, 15) is 9.59 Å². The molecule has 0 atom stereocenters. The van der Waals surface area contributed by atoms with Gasteiger partial charge in [0.2, 0.25) is 0 Å². The van der Waals surface area contributed by atoms with Crippen LogP contribution in [0.5, 0.6) is 5.75 Å². The molecule has 0 spiro atoms. The molecule has 0 unspecified atom stereocenters. The van der Waals surface area contributed by atoms with Crippen LogP contribution in [-0.2, 0) is 0 Å². The van der Waals surface area contributed by atoms with E-state index in [1.165, 1.54) is 6.20 Å². The number of nitrogens with zero attached hydrogens (tertiary/aromatic N) is 4. The zero-order valence-corrected chi connectivity index (χ0v) is 18.3. The number of aromatic nitrogens is 2. The van der Waals surface area contributed by atoms with Crippen LogP contribution in [0.4, 0.5) is 0 Å². The molecule has 0 aliphatic carbocycles. The Morgan fingerprint density at radius 2 is 1.77 bits per heavy atom. The molecule has 1 saturated heterocycles. The summed E-state index contributed by atoms with van der Waals surface area (Å²) < 4.78 is 5.83. The molecule has 7 heteroatoms. The van der Waals surface area contributed by atoms with Crippen molar-refractivity contribution < 1.29 is 14.3 Å². The van der Waals surface area contributed by atoms with E-state index in [0.717, 1.165) is 56.6 Å². The van der Waals surface area contributed by atoms with Gasteiger partial charge in [0.05, 0.1) is 12.8 Å². The first-order valence-corrected chi connectivity index (χ1v) is 11.2. The lowest BCUT2D eigenvalue weighted by Crippen LogP contribution is -2.49. The predicted octanol–water partition coefficient (Wildman–Crippen LogP) is 3.47. The number of ether oxygens (including phenoxy) is 1. The van der Waals surface area contributed by atoms with E-state index in [4.69, 9.17) is 4.74 Å². The summed E-state index contributed by atoms with van der Waals surface area (Å²) in [6, 6.07) is 7.47. The zero-order valence-electron chi connectivity index (χ0n) is 18.3. The highest BCUT2D eigenvalue weighted by Gasteiger charge is 2.22. The second kappa shape index (κ2) is 12.2. The summed E-state index contributed by atoms with van der Waals surface area (Å²) in [4.78, 5) is 36.8. The molecule has 7 nitrogen and oxygen atoms in total. The maximum absolute atomic E-state index is 12.4. The molecule has 166 valence electrons. The molecule has 3 rings (SSSR count). The number of hydrogen-bond donors (Lipinski definition) is 0. The van der Waals surface area contributed by atoms with Gasteiger partial charge < -0.3 is 9.64 Å². The second-order valence-corrected chi connectivity index (χ2v) is 7.83. The van der Waals surface area contributed by atoms with Crippen LogP contribution in [0.25, 0.3) is 0 Å². The van der Waals surface area contributed by atoms with Crippen molar-refractivity contribution in [1.29, 1.82) is 0 Å². The van der Waals surface area contributed by atoms with Crippen molar-refractivity contribution in [3.63, 3.8) is 0 Å². The van der Waals surface area contributed by atoms with Gasteiger partial charge in [-0.25, -0.2) is 4.98 Å². The number of piperazine rings is 1. The summed E-state index contributed by atoms with van der Waals surface area (Å²) in [5.41, 5.74) is 1.16. The molecule has 0 bridgehead atoms. The third kappa shape index (κ3) is 7.14. The Kier molecular flexibility index (Phi) is 8.97. The van der Waals surface area contributed by atoms with Gasteiger partial charge in [0, 0.05) is 57.1 Å². The number of carbonyl (C=O) groups excluding carboxylic acids is 2. The van der Waals surface area contributed by atoms with Gasteiger partial charge in [-0.3, -0.25) is 19.5 Å². The molecular formula is C24H32N4O3. The van der Waals surface area contributed by atoms with Gasteiger partial charge in [-0.05, 0) is 37.1 Å². The molecule has 1 fully saturated rings. The molecule has 0 saturated carbocycles. The molecule has 1 aliphatic rings. The van der Waals surface area contributed by atoms with Crippen LogP contribution < -0.4 is 4.74 Å². The smallest absolute Gasteiger partial charge is 0.274 e. The van der Waals surface area contributed by atoms with Crippen molar-refractivity contribution in [1.82, 2.24) is 19.8 Å². The van der Waals surface area contributed by atoms with Gasteiger partial charge in [-0.1, -0.05) is 19.8 Å². The number of benzene rings is 1. The maximum Gasteiger partial charge on any atom is 0.274 e. The number of Topliss-reactive ketones (excluding diaryl/α,β-unsaturated/α-hetero) is 1. The van der Waals surface area contributed by atoms with Crippen LogP contribution in [0, 0.1) is 0 Å². The van der Waals surface area contributed by atoms with Gasteiger partial charge in [0.15, 0.2) is 5.78 Å². The Morgan fingerprint density at radius 1 is 1.00 bits per heavy atom. The quantitative estimate of drug-likeness (QED) is 0.406. The minimum Gasteiger partial charge on any atom is -0.494 e. The minimum absolute atomic E-state index is 0.0524. The van der Waals surface area contributed by atoms with Crippen LogP contribution in [0.1, 0.15) is 59.9 Å². The first-order valence-electron chi connectivity index (χ1n) is 11.2. The van der Waals surface area contributed by atoms with Crippen molar-refractivity contribution in [3.05, 3.63) is 54.1 Å². The van der Waals surface area contributed by atoms with Gasteiger partial charge in [-0.15, -0.1) is 0 Å². The highest BCUT2D eigenvalue weighted by Crippen LogP contribution is 2.15. The summed E-state index contributed by atoms with van der Waals surface area (Å²) in [6.07, 6.45) is 9.33. The number of rotatable bonds is 11. The lowest BCUT2D eigenvalue weighted by molar-refractivity contribution is 0.0624. The van der Waals surface area contributed by atoms with E-state index in [0.29, 0.717) is 31.8 Å². The fourth-order valence-corrected chi connectivity index (χ4v) is 3.64. The van der Waals surface area contributed by atoms with E-state index >= 15 is 0 Å². The third-order valence-corrected chi connectivity index (χ3v) is 5.51. The minimum atomic E-state index is -0.0524. The molecule has 1 aromatic carbocycles. The molecule has 0 radical (unpaired) electrons. The van der Waals surface area contributed by atoms with E-state index in [2.05, 4.69) is 21.8 Å². The largest absolute Gasteiger partial charge is 0.494 e. The SMILES string of the molecule is CCCCCC(=O)c1ccc(OCCCN2CCN(C(=O)c3cnccn3)CC2)cc1. The van der Waals surface area contributed by atoms with E-state index < -0.39 is 0 Å². The van der Waals surface area contributed by atoms with Crippen molar-refractivity contribution in [2.75, 3.05) is 39.3 Å². The fraction of sp³-hybridized carbons (Fsp3) is 0.500. The Labute approximate surface area is 184 Å². The summed E-state index contributed by atoms with van der Waals surface area (Å²) in [7, 11) is 0. The summed E-state index contributed by atoms with van der Waals surface area (Å²) in [5.74, 6) is 0.949. The van der Waals surface area contributed by atoms with Crippen LogP contribution in [-0.4, -0.2) is 70.8 Å². The number of hydrogen-bond acceptors (Lipinski definition) is 6. The summed E-state index contributed by atoms with van der Waals surface area (Å²) >= 11 is 0. The van der Waals surface area contributed by atoms with Crippen LogP contribution in [0.15, 0.2) is 42.9 Å². The van der Waals surface area contributed by atoms with Crippen molar-refractivity contribution >= 4 is 11.7 Å². The first-order chi connectivity index (χ1) is 15.2. The van der Waals surface area contributed by atoms with Gasteiger partial charge in [0.1, 0.15) is 11.4 Å². The van der Waals surface area contributed by atoms with Crippen LogP contribution in [0.3, 0.4) is 0 Å². The van der Waals surface area contributed by atoms with E-state index in [1.807, 2.05) is 29.2 Å². The average Bonchev–Trinajstić information content (AvgIpc) is 2.83. The van der Waals surface area contributed by atoms with Crippen molar-refractivity contribution in [3.8, 4) is 5.75 Å². The fourth-order valence-electron chi connectivity index (χ4n) is 3.64. The molecular weight excluding hydrogens is 392 g/mol. The Morgan fingerprint density at radius 3 is 2.45 bits per heavy atom. The third-order valence-electron chi connectivity index (χ3n) is 5.51. The highest BCUT2D eigenvalue weighted by atomic mass is 16.5. The standard InChI is InChI=1S/C24H32N4O3/c1-2-3-4-6-23(29)20-7-9-21(10-8-20)31-18-5-13-27-14-16-28(17-15-27)24(30)22-19-25-11-12-26-22/h7-12,19H,2-6,13-18H2,1H3. The van der Waals surface area contributed by atoms with Crippen molar-refractivity contribution in [2.45, 2.75) is 39.0 Å². The zero-order chi connectivity index (χ0) is 21.9. The van der Waals surface area contributed by atoms with E-state index in [-0.39, 0.29) is 11.7 Å². The van der Waals surface area contributed by atoms with Gasteiger partial charge >= 0.3 is 0 Å². The van der Waals surface area contributed by atoms with Crippen molar-refractivity contribution in [2.24, 2.45) is 0 Å². The molecule has 1 aromatic heterocycles. The lowest BCUT2D eigenvalue weighted by Gasteiger charge is -2.34. The Balaban J connectivity index is 1.32.